The number of sulfonamides is 1. The predicted molar refractivity (Wildman–Crippen MR) is 75.6 cm³/mol. The van der Waals surface area contributed by atoms with Crippen LogP contribution in [0.2, 0.25) is 0 Å². The van der Waals surface area contributed by atoms with Gasteiger partial charge in [-0.25, -0.2) is 13.4 Å². The first kappa shape index (κ1) is 14.2. The van der Waals surface area contributed by atoms with Crippen LogP contribution in [0.15, 0.2) is 34.7 Å². The second-order valence-corrected chi connectivity index (χ2v) is 6.18. The van der Waals surface area contributed by atoms with E-state index in [-0.39, 0.29) is 21.4 Å². The predicted octanol–water partition coefficient (Wildman–Crippen LogP) is 1.89. The Morgan fingerprint density at radius 3 is 2.70 bits per heavy atom. The van der Waals surface area contributed by atoms with E-state index in [9.17, 15) is 18.5 Å². The molecule has 0 aliphatic heterocycles. The molecule has 0 spiro atoms. The number of aromatic nitrogens is 1. The van der Waals surface area contributed by atoms with Gasteiger partial charge in [0.05, 0.1) is 10.6 Å². The van der Waals surface area contributed by atoms with E-state index in [1.807, 2.05) is 0 Å². The second kappa shape index (κ2) is 5.43. The number of hydrogen-bond acceptors (Lipinski definition) is 7. The molecule has 0 radical (unpaired) electrons. The van der Waals surface area contributed by atoms with Crippen molar-refractivity contribution < 1.29 is 13.3 Å². The molecular weight excluding hydrogens is 304 g/mol. The van der Waals surface area contributed by atoms with Gasteiger partial charge < -0.3 is 5.32 Å². The molecule has 0 saturated heterocycles. The third-order valence-electron chi connectivity index (χ3n) is 2.39. The monoisotopic (exact) mass is 314 g/mol. The number of benzene rings is 1. The number of nitrogens with one attached hydrogen (secondary N) is 2. The van der Waals surface area contributed by atoms with Crippen LogP contribution < -0.4 is 10.0 Å². The number of nitro groups is 1. The Labute approximate surface area is 118 Å². The third-order valence-corrected chi connectivity index (χ3v) is 4.60. The van der Waals surface area contributed by atoms with Crippen molar-refractivity contribution in [1.82, 2.24) is 4.98 Å². The summed E-state index contributed by atoms with van der Waals surface area (Å²) in [5.41, 5.74) is -0.0502. The zero-order valence-electron chi connectivity index (χ0n) is 10.2. The fraction of sp³-hybridized carbons (Fsp3) is 0.100. The summed E-state index contributed by atoms with van der Waals surface area (Å²) in [5, 5.41) is 15.2. The highest BCUT2D eigenvalue weighted by Gasteiger charge is 2.21. The van der Waals surface area contributed by atoms with Gasteiger partial charge in [0.2, 0.25) is 0 Å². The molecule has 0 amide bonds. The molecule has 8 nitrogen and oxygen atoms in total. The number of rotatable bonds is 5. The van der Waals surface area contributed by atoms with Gasteiger partial charge in [-0.3, -0.25) is 14.8 Å². The minimum atomic E-state index is -3.86. The molecular formula is C10H10N4O4S2. The lowest BCUT2D eigenvalue weighted by molar-refractivity contribution is -0.384. The molecule has 1 aromatic heterocycles. The SMILES string of the molecule is CNc1cc([N+](=O)[O-])ccc1S(=O)(=O)Nc1nccs1. The van der Waals surface area contributed by atoms with E-state index in [4.69, 9.17) is 0 Å². The number of non-ortho nitro benzene ring substituents is 1. The van der Waals surface area contributed by atoms with Crippen LogP contribution in [0.25, 0.3) is 0 Å². The fourth-order valence-electron chi connectivity index (χ4n) is 1.51. The van der Waals surface area contributed by atoms with Crippen molar-refractivity contribution in [3.05, 3.63) is 39.9 Å². The van der Waals surface area contributed by atoms with E-state index in [1.54, 1.807) is 5.38 Å². The Kier molecular flexibility index (Phi) is 3.86. The minimum Gasteiger partial charge on any atom is -0.387 e. The molecule has 0 unspecified atom stereocenters. The van der Waals surface area contributed by atoms with Gasteiger partial charge in [-0.05, 0) is 6.07 Å². The standard InChI is InChI=1S/C10H10N4O4S2/c1-11-8-6-7(14(15)16)2-3-9(8)20(17,18)13-10-12-4-5-19-10/h2-6,11H,1H3,(H,12,13). The van der Waals surface area contributed by atoms with Crippen molar-refractivity contribution in [2.75, 3.05) is 17.1 Å². The van der Waals surface area contributed by atoms with Crippen LogP contribution in [-0.4, -0.2) is 25.4 Å². The summed E-state index contributed by atoms with van der Waals surface area (Å²) in [6.45, 7) is 0. The molecule has 106 valence electrons. The van der Waals surface area contributed by atoms with Crippen molar-refractivity contribution in [3.8, 4) is 0 Å². The molecule has 10 heteroatoms. The van der Waals surface area contributed by atoms with Gasteiger partial charge in [0, 0.05) is 30.8 Å². The Balaban J connectivity index is 2.43. The summed E-state index contributed by atoms with van der Waals surface area (Å²) in [5.74, 6) is 0. The molecule has 0 aliphatic carbocycles. The van der Waals surface area contributed by atoms with Crippen LogP contribution in [0.5, 0.6) is 0 Å². The third kappa shape index (κ3) is 2.86. The average molecular weight is 314 g/mol. The van der Waals surface area contributed by atoms with E-state index in [1.165, 1.54) is 19.3 Å². The Bertz CT molecular complexity index is 728. The van der Waals surface area contributed by atoms with Crippen molar-refractivity contribution in [1.29, 1.82) is 0 Å². The number of nitrogens with zero attached hydrogens (tertiary/aromatic N) is 2. The lowest BCUT2D eigenvalue weighted by atomic mass is 10.3. The highest BCUT2D eigenvalue weighted by atomic mass is 32.2. The van der Waals surface area contributed by atoms with Crippen molar-refractivity contribution >= 4 is 37.9 Å². The van der Waals surface area contributed by atoms with Gasteiger partial charge >= 0.3 is 0 Å². The van der Waals surface area contributed by atoms with Gasteiger partial charge in [-0.2, -0.15) is 0 Å². The number of anilines is 2. The van der Waals surface area contributed by atoms with Gasteiger partial charge in [0.15, 0.2) is 5.13 Å². The first-order valence-electron chi connectivity index (χ1n) is 5.32. The molecule has 2 N–H and O–H groups in total. The average Bonchev–Trinajstić information content (AvgIpc) is 2.89. The van der Waals surface area contributed by atoms with Crippen LogP contribution >= 0.6 is 11.3 Å². The first-order valence-corrected chi connectivity index (χ1v) is 7.69. The van der Waals surface area contributed by atoms with E-state index < -0.39 is 14.9 Å². The maximum Gasteiger partial charge on any atom is 0.271 e. The van der Waals surface area contributed by atoms with Crippen LogP contribution in [0, 0.1) is 10.1 Å². The molecule has 0 saturated carbocycles. The maximum absolute atomic E-state index is 12.2. The van der Waals surface area contributed by atoms with E-state index in [2.05, 4.69) is 15.0 Å². The molecule has 0 bridgehead atoms. The maximum atomic E-state index is 12.2. The molecule has 2 rings (SSSR count). The second-order valence-electron chi connectivity index (χ2n) is 3.63. The number of thiazole rings is 1. The van der Waals surface area contributed by atoms with Crippen LogP contribution in [0.1, 0.15) is 0 Å². The van der Waals surface area contributed by atoms with Gasteiger partial charge in [0.1, 0.15) is 4.90 Å². The molecule has 2 aromatic rings. The summed E-state index contributed by atoms with van der Waals surface area (Å²) in [4.78, 5) is 13.8. The van der Waals surface area contributed by atoms with Crippen molar-refractivity contribution in [2.24, 2.45) is 0 Å². The van der Waals surface area contributed by atoms with E-state index in [0.717, 1.165) is 23.5 Å². The van der Waals surface area contributed by atoms with E-state index in [0.29, 0.717) is 0 Å². The summed E-state index contributed by atoms with van der Waals surface area (Å²) < 4.78 is 26.7. The lowest BCUT2D eigenvalue weighted by Gasteiger charge is -2.10. The Hall–Kier alpha value is -2.20. The molecule has 1 aromatic carbocycles. The zero-order chi connectivity index (χ0) is 14.8. The summed E-state index contributed by atoms with van der Waals surface area (Å²) in [7, 11) is -2.37. The lowest BCUT2D eigenvalue weighted by Crippen LogP contribution is -2.14. The van der Waals surface area contributed by atoms with E-state index >= 15 is 0 Å². The molecule has 0 fully saturated rings. The first-order chi connectivity index (χ1) is 9.44. The topological polar surface area (TPSA) is 114 Å². The zero-order valence-corrected chi connectivity index (χ0v) is 11.9. The quantitative estimate of drug-likeness (QED) is 0.643. The van der Waals surface area contributed by atoms with Gasteiger partial charge in [-0.15, -0.1) is 11.3 Å². The highest BCUT2D eigenvalue weighted by molar-refractivity contribution is 7.93. The van der Waals surface area contributed by atoms with Crippen LogP contribution in [-0.2, 0) is 10.0 Å². The summed E-state index contributed by atoms with van der Waals surface area (Å²) >= 11 is 1.14. The summed E-state index contributed by atoms with van der Waals surface area (Å²) in [6.07, 6.45) is 1.47. The number of nitro benzene ring substituents is 1. The molecule has 0 aliphatic rings. The van der Waals surface area contributed by atoms with Crippen LogP contribution in [0.3, 0.4) is 0 Å². The van der Waals surface area contributed by atoms with Crippen LogP contribution in [0.4, 0.5) is 16.5 Å². The minimum absolute atomic E-state index is 0.0826. The highest BCUT2D eigenvalue weighted by Crippen LogP contribution is 2.28. The molecule has 0 atom stereocenters. The normalized spacial score (nSPS) is 11.1. The Morgan fingerprint density at radius 2 is 2.15 bits per heavy atom. The molecule has 1 heterocycles. The molecule has 20 heavy (non-hydrogen) atoms. The van der Waals surface area contributed by atoms with Gasteiger partial charge in [0.25, 0.3) is 15.7 Å². The van der Waals surface area contributed by atoms with Crippen molar-refractivity contribution in [3.63, 3.8) is 0 Å². The largest absolute Gasteiger partial charge is 0.387 e. The van der Waals surface area contributed by atoms with Gasteiger partial charge in [-0.1, -0.05) is 0 Å². The van der Waals surface area contributed by atoms with Crippen molar-refractivity contribution in [2.45, 2.75) is 4.90 Å². The smallest absolute Gasteiger partial charge is 0.271 e. The summed E-state index contributed by atoms with van der Waals surface area (Å²) in [6, 6.07) is 3.48. The number of hydrogen-bond donors (Lipinski definition) is 2. The fourth-order valence-corrected chi connectivity index (χ4v) is 3.49. The Morgan fingerprint density at radius 1 is 1.40 bits per heavy atom.